The van der Waals surface area contributed by atoms with Crippen LogP contribution in [0.2, 0.25) is 0 Å². The van der Waals surface area contributed by atoms with Crippen LogP contribution in [-0.4, -0.2) is 34.9 Å². The Morgan fingerprint density at radius 1 is 1.10 bits per heavy atom. The largest absolute Gasteiger partial charge is 0.483 e. The number of aryl methyl sites for hydroxylation is 2. The van der Waals surface area contributed by atoms with Crippen molar-refractivity contribution in [2.45, 2.75) is 66.1 Å². The van der Waals surface area contributed by atoms with Gasteiger partial charge in [0.25, 0.3) is 5.91 Å². The molecule has 5 nitrogen and oxygen atoms in total. The lowest BCUT2D eigenvalue weighted by atomic mass is 10.1. The maximum absolute atomic E-state index is 13.3. The number of rotatable bonds is 8. The molecule has 0 aliphatic heterocycles. The van der Waals surface area contributed by atoms with E-state index in [1.54, 1.807) is 12.1 Å². The zero-order valence-electron chi connectivity index (χ0n) is 19.3. The van der Waals surface area contributed by atoms with Crippen LogP contribution in [0.3, 0.4) is 0 Å². The van der Waals surface area contributed by atoms with Crippen LogP contribution in [0, 0.1) is 19.7 Å². The minimum atomic E-state index is -0.668. The molecule has 0 radical (unpaired) electrons. The van der Waals surface area contributed by atoms with E-state index in [0.29, 0.717) is 12.2 Å². The predicted molar refractivity (Wildman–Crippen MR) is 120 cm³/mol. The van der Waals surface area contributed by atoms with Crippen LogP contribution in [-0.2, 0) is 16.1 Å². The summed E-state index contributed by atoms with van der Waals surface area (Å²) in [5, 5.41) is 2.96. The van der Waals surface area contributed by atoms with Gasteiger partial charge in [-0.25, -0.2) is 4.39 Å². The summed E-state index contributed by atoms with van der Waals surface area (Å²) >= 11 is 0. The average Bonchev–Trinajstić information content (AvgIpc) is 2.68. The molecule has 2 aromatic carbocycles. The Hall–Kier alpha value is -2.89. The number of nitrogens with one attached hydrogen (secondary N) is 1. The Kier molecular flexibility index (Phi) is 8.20. The summed E-state index contributed by atoms with van der Waals surface area (Å²) < 4.78 is 19.1. The van der Waals surface area contributed by atoms with Gasteiger partial charge in [-0.2, -0.15) is 0 Å². The minimum absolute atomic E-state index is 0.186. The lowest BCUT2D eigenvalue weighted by molar-refractivity contribution is -0.143. The van der Waals surface area contributed by atoms with Crippen LogP contribution in [0.1, 0.15) is 50.8 Å². The fraction of sp³-hybridized carbons (Fsp3) is 0.440. The summed E-state index contributed by atoms with van der Waals surface area (Å²) in [6.07, 6.45) is 0.443. The summed E-state index contributed by atoms with van der Waals surface area (Å²) in [7, 11) is 0. The fourth-order valence-electron chi connectivity index (χ4n) is 3.24. The number of halogens is 1. The topological polar surface area (TPSA) is 58.6 Å². The highest BCUT2D eigenvalue weighted by molar-refractivity contribution is 5.88. The zero-order chi connectivity index (χ0) is 23.2. The molecule has 0 spiro atoms. The molecule has 0 aliphatic carbocycles. The number of hydrogen-bond donors (Lipinski definition) is 1. The van der Waals surface area contributed by atoms with Gasteiger partial charge in [0.1, 0.15) is 17.6 Å². The van der Waals surface area contributed by atoms with Gasteiger partial charge in [-0.15, -0.1) is 0 Å². The van der Waals surface area contributed by atoms with Gasteiger partial charge in [-0.3, -0.25) is 9.59 Å². The first-order valence-electron chi connectivity index (χ1n) is 10.6. The molecule has 2 rings (SSSR count). The van der Waals surface area contributed by atoms with E-state index in [2.05, 4.69) is 5.32 Å². The summed E-state index contributed by atoms with van der Waals surface area (Å²) in [6, 6.07) is 11.1. The first kappa shape index (κ1) is 24.4. The standard InChI is InChI=1S/C25H33FN2O3/c1-7-21(24(30)27-25(4,5)6)28(15-19-10-12-20(26)13-11-19)23(29)16-31-22-14-17(2)8-9-18(22)3/h8-14,21H,7,15-16H2,1-6H3,(H,27,30)/t21-/m0/s1. The van der Waals surface area contributed by atoms with E-state index in [-0.39, 0.29) is 30.8 Å². The van der Waals surface area contributed by atoms with Gasteiger partial charge < -0.3 is 15.0 Å². The third kappa shape index (κ3) is 7.39. The van der Waals surface area contributed by atoms with E-state index in [1.807, 2.05) is 59.7 Å². The van der Waals surface area contributed by atoms with Gasteiger partial charge in [0.2, 0.25) is 5.91 Å². The van der Waals surface area contributed by atoms with Gasteiger partial charge in [-0.1, -0.05) is 31.2 Å². The van der Waals surface area contributed by atoms with Crippen LogP contribution >= 0.6 is 0 Å². The molecule has 0 heterocycles. The van der Waals surface area contributed by atoms with Crippen LogP contribution in [0.5, 0.6) is 5.75 Å². The van der Waals surface area contributed by atoms with Crippen molar-refractivity contribution in [3.63, 3.8) is 0 Å². The Balaban J connectivity index is 2.26. The molecule has 168 valence electrons. The molecule has 2 amide bonds. The van der Waals surface area contributed by atoms with Gasteiger partial charge in [0.05, 0.1) is 0 Å². The smallest absolute Gasteiger partial charge is 0.261 e. The first-order valence-corrected chi connectivity index (χ1v) is 10.6. The third-order valence-electron chi connectivity index (χ3n) is 4.85. The Labute approximate surface area is 184 Å². The molecular formula is C25H33FN2O3. The summed E-state index contributed by atoms with van der Waals surface area (Å²) in [4.78, 5) is 27.7. The van der Waals surface area contributed by atoms with Gasteiger partial charge in [0, 0.05) is 12.1 Å². The Morgan fingerprint density at radius 3 is 2.32 bits per heavy atom. The maximum atomic E-state index is 13.3. The number of nitrogens with zero attached hydrogens (tertiary/aromatic N) is 1. The molecule has 1 atom stereocenters. The van der Waals surface area contributed by atoms with Crippen molar-refractivity contribution < 1.29 is 18.7 Å². The van der Waals surface area contributed by atoms with Gasteiger partial charge in [0.15, 0.2) is 6.61 Å². The van der Waals surface area contributed by atoms with E-state index in [0.717, 1.165) is 16.7 Å². The fourth-order valence-corrected chi connectivity index (χ4v) is 3.24. The second-order valence-corrected chi connectivity index (χ2v) is 8.87. The number of carbonyl (C=O) groups excluding carboxylic acids is 2. The van der Waals surface area contributed by atoms with Crippen LogP contribution in [0.4, 0.5) is 4.39 Å². The predicted octanol–water partition coefficient (Wildman–Crippen LogP) is 4.54. The Morgan fingerprint density at radius 2 is 1.74 bits per heavy atom. The maximum Gasteiger partial charge on any atom is 0.261 e. The summed E-state index contributed by atoms with van der Waals surface area (Å²) in [6.45, 7) is 11.4. The monoisotopic (exact) mass is 428 g/mol. The molecule has 0 unspecified atom stereocenters. The quantitative estimate of drug-likeness (QED) is 0.671. The summed E-state index contributed by atoms with van der Waals surface area (Å²) in [5.41, 5.74) is 2.28. The van der Waals surface area contributed by atoms with E-state index in [9.17, 15) is 14.0 Å². The minimum Gasteiger partial charge on any atom is -0.483 e. The van der Waals surface area contributed by atoms with Crippen molar-refractivity contribution in [1.82, 2.24) is 10.2 Å². The van der Waals surface area contributed by atoms with Gasteiger partial charge >= 0.3 is 0 Å². The number of amides is 2. The van der Waals surface area contributed by atoms with Crippen LogP contribution in [0.15, 0.2) is 42.5 Å². The zero-order valence-corrected chi connectivity index (χ0v) is 19.3. The third-order valence-corrected chi connectivity index (χ3v) is 4.85. The van der Waals surface area contributed by atoms with Crippen molar-refractivity contribution in [1.29, 1.82) is 0 Å². The SMILES string of the molecule is CC[C@@H](C(=O)NC(C)(C)C)N(Cc1ccc(F)cc1)C(=O)COc1cc(C)ccc1C. The lowest BCUT2D eigenvalue weighted by Gasteiger charge is -2.33. The van der Waals surface area contributed by atoms with Crippen molar-refractivity contribution in [2.75, 3.05) is 6.61 Å². The molecule has 6 heteroatoms. The second kappa shape index (κ2) is 10.4. The number of ether oxygens (including phenoxy) is 1. The number of benzene rings is 2. The molecule has 0 aromatic heterocycles. The molecule has 0 aliphatic rings. The van der Waals surface area contributed by atoms with Crippen LogP contribution < -0.4 is 10.1 Å². The molecule has 31 heavy (non-hydrogen) atoms. The molecule has 0 bridgehead atoms. The molecule has 1 N–H and O–H groups in total. The van der Waals surface area contributed by atoms with Crippen molar-refractivity contribution >= 4 is 11.8 Å². The number of carbonyl (C=O) groups is 2. The Bertz CT molecular complexity index is 904. The summed E-state index contributed by atoms with van der Waals surface area (Å²) in [5.74, 6) is -0.238. The lowest BCUT2D eigenvalue weighted by Crippen LogP contribution is -2.54. The van der Waals surface area contributed by atoms with E-state index < -0.39 is 11.6 Å². The van der Waals surface area contributed by atoms with Crippen molar-refractivity contribution in [2.24, 2.45) is 0 Å². The van der Waals surface area contributed by atoms with Crippen molar-refractivity contribution in [3.05, 3.63) is 65.0 Å². The highest BCUT2D eigenvalue weighted by Crippen LogP contribution is 2.20. The highest BCUT2D eigenvalue weighted by Gasteiger charge is 2.31. The average molecular weight is 429 g/mol. The van der Waals surface area contributed by atoms with Gasteiger partial charge in [-0.05, 0) is 75.9 Å². The molecule has 0 saturated heterocycles. The van der Waals surface area contributed by atoms with E-state index >= 15 is 0 Å². The van der Waals surface area contributed by atoms with E-state index in [4.69, 9.17) is 4.74 Å². The molecule has 0 fully saturated rings. The van der Waals surface area contributed by atoms with E-state index in [1.165, 1.54) is 17.0 Å². The molecule has 0 saturated carbocycles. The van der Waals surface area contributed by atoms with Crippen molar-refractivity contribution in [3.8, 4) is 5.75 Å². The molecular weight excluding hydrogens is 395 g/mol. The van der Waals surface area contributed by atoms with Crippen LogP contribution in [0.25, 0.3) is 0 Å². The number of hydrogen-bond acceptors (Lipinski definition) is 3. The first-order chi connectivity index (χ1) is 14.5. The normalized spacial score (nSPS) is 12.2. The molecule has 2 aromatic rings. The highest BCUT2D eigenvalue weighted by atomic mass is 19.1. The second-order valence-electron chi connectivity index (χ2n) is 8.87.